The smallest absolute Gasteiger partial charge is 0.219 e. The van der Waals surface area contributed by atoms with Gasteiger partial charge in [0.1, 0.15) is 5.82 Å². The van der Waals surface area contributed by atoms with E-state index in [0.717, 1.165) is 12.8 Å². The Morgan fingerprint density at radius 1 is 1.04 bits per heavy atom. The lowest BCUT2D eigenvalue weighted by Crippen LogP contribution is -2.53. The van der Waals surface area contributed by atoms with Crippen LogP contribution >= 0.6 is 0 Å². The van der Waals surface area contributed by atoms with Crippen molar-refractivity contribution in [1.29, 1.82) is 0 Å². The SMILES string of the molecule is C=C1N=C(NN)NC(=NC(C)(CCCCCC)CCCCCC)N1. The van der Waals surface area contributed by atoms with Crippen LogP contribution in [0.25, 0.3) is 0 Å². The summed E-state index contributed by atoms with van der Waals surface area (Å²) in [6, 6.07) is 0. The van der Waals surface area contributed by atoms with Crippen molar-refractivity contribution in [3.63, 3.8) is 0 Å². The number of unbranched alkanes of at least 4 members (excludes halogenated alkanes) is 6. The van der Waals surface area contributed by atoms with E-state index < -0.39 is 0 Å². The van der Waals surface area contributed by atoms with E-state index >= 15 is 0 Å². The molecule has 0 aromatic carbocycles. The average Bonchev–Trinajstić information content (AvgIpc) is 2.55. The van der Waals surface area contributed by atoms with Crippen molar-refractivity contribution in [2.24, 2.45) is 15.8 Å². The Kier molecular flexibility index (Phi) is 9.45. The molecule has 138 valence electrons. The Morgan fingerprint density at radius 3 is 2.12 bits per heavy atom. The number of hydrazine groups is 1. The number of rotatable bonds is 11. The Bertz CT molecular complexity index is 429. The van der Waals surface area contributed by atoms with E-state index in [1.165, 1.54) is 51.4 Å². The molecular weight excluding hydrogens is 300 g/mol. The monoisotopic (exact) mass is 336 g/mol. The molecule has 1 aliphatic heterocycles. The summed E-state index contributed by atoms with van der Waals surface area (Å²) in [7, 11) is 0. The van der Waals surface area contributed by atoms with Crippen LogP contribution < -0.4 is 21.9 Å². The standard InChI is InChI=1S/C18H36N6/c1-5-7-9-11-13-18(4,14-12-10-8-6-2)23-16-20-15(3)21-17(22-16)24-19/h3,5-14,19H2,1-2,4H3,(H3,20,21,22,23,24). The topological polar surface area (TPSA) is 86.8 Å². The minimum atomic E-state index is -0.0753. The van der Waals surface area contributed by atoms with Crippen LogP contribution in [0.5, 0.6) is 0 Å². The molecule has 0 spiro atoms. The van der Waals surface area contributed by atoms with Gasteiger partial charge in [-0.15, -0.1) is 0 Å². The third-order valence-corrected chi connectivity index (χ3v) is 4.40. The molecule has 0 fully saturated rings. The summed E-state index contributed by atoms with van der Waals surface area (Å²) in [4.78, 5) is 9.11. The van der Waals surface area contributed by atoms with Gasteiger partial charge in [0.25, 0.3) is 0 Å². The Labute approximate surface area is 147 Å². The van der Waals surface area contributed by atoms with E-state index in [1.54, 1.807) is 0 Å². The molecule has 0 radical (unpaired) electrons. The summed E-state index contributed by atoms with van der Waals surface area (Å²) in [5, 5.41) is 6.19. The minimum absolute atomic E-state index is 0.0753. The van der Waals surface area contributed by atoms with Crippen LogP contribution in [-0.4, -0.2) is 17.5 Å². The lowest BCUT2D eigenvalue weighted by molar-refractivity contribution is 0.367. The summed E-state index contributed by atoms with van der Waals surface area (Å²) >= 11 is 0. The summed E-state index contributed by atoms with van der Waals surface area (Å²) in [6.07, 6.45) is 12.3. The molecule has 1 heterocycles. The van der Waals surface area contributed by atoms with Crippen molar-refractivity contribution in [2.75, 3.05) is 0 Å². The van der Waals surface area contributed by atoms with Crippen molar-refractivity contribution >= 4 is 11.9 Å². The van der Waals surface area contributed by atoms with Crippen LogP contribution in [0.2, 0.25) is 0 Å². The van der Waals surface area contributed by atoms with Gasteiger partial charge in [0, 0.05) is 0 Å². The Hall–Kier alpha value is -1.56. The van der Waals surface area contributed by atoms with Crippen LogP contribution in [0.3, 0.4) is 0 Å². The third-order valence-electron chi connectivity index (χ3n) is 4.40. The number of nitrogens with two attached hydrogens (primary N) is 1. The summed E-state index contributed by atoms with van der Waals surface area (Å²) in [6.45, 7) is 10.6. The first-order valence-corrected chi connectivity index (χ1v) is 9.41. The van der Waals surface area contributed by atoms with Crippen molar-refractivity contribution in [1.82, 2.24) is 16.1 Å². The summed E-state index contributed by atoms with van der Waals surface area (Å²) in [5.41, 5.74) is 2.45. The van der Waals surface area contributed by atoms with Crippen LogP contribution in [0.4, 0.5) is 0 Å². The maximum Gasteiger partial charge on any atom is 0.219 e. The van der Waals surface area contributed by atoms with Crippen LogP contribution in [-0.2, 0) is 0 Å². The number of nitrogens with one attached hydrogen (secondary N) is 3. The van der Waals surface area contributed by atoms with E-state index in [2.05, 4.69) is 48.4 Å². The average molecular weight is 337 g/mol. The van der Waals surface area contributed by atoms with E-state index in [4.69, 9.17) is 10.8 Å². The first-order valence-electron chi connectivity index (χ1n) is 9.41. The van der Waals surface area contributed by atoms with Crippen molar-refractivity contribution in [3.8, 4) is 0 Å². The molecule has 5 N–H and O–H groups in total. The van der Waals surface area contributed by atoms with Gasteiger partial charge in [-0.2, -0.15) is 4.99 Å². The molecule has 0 aromatic heterocycles. The second-order valence-electron chi connectivity index (χ2n) is 6.88. The molecule has 1 aliphatic rings. The van der Waals surface area contributed by atoms with Gasteiger partial charge in [-0.3, -0.25) is 10.7 Å². The van der Waals surface area contributed by atoms with Crippen LogP contribution in [0, 0.1) is 0 Å². The summed E-state index contributed by atoms with van der Waals surface area (Å²) in [5.74, 6) is 7.14. The molecule has 6 heteroatoms. The maximum atomic E-state index is 5.45. The number of hydrogen-bond donors (Lipinski definition) is 4. The molecule has 1 rings (SSSR count). The second-order valence-corrected chi connectivity index (χ2v) is 6.88. The molecule has 0 saturated carbocycles. The first kappa shape index (κ1) is 20.5. The van der Waals surface area contributed by atoms with E-state index in [1.807, 2.05) is 0 Å². The minimum Gasteiger partial charge on any atom is -0.311 e. The quantitative estimate of drug-likeness (QED) is 0.264. The van der Waals surface area contributed by atoms with E-state index in [0.29, 0.717) is 17.7 Å². The molecule has 24 heavy (non-hydrogen) atoms. The van der Waals surface area contributed by atoms with Gasteiger partial charge in [-0.1, -0.05) is 71.8 Å². The lowest BCUT2D eigenvalue weighted by atomic mass is 9.89. The number of hydrogen-bond acceptors (Lipinski definition) is 4. The zero-order valence-corrected chi connectivity index (χ0v) is 15.7. The highest BCUT2D eigenvalue weighted by Gasteiger charge is 2.24. The van der Waals surface area contributed by atoms with E-state index in [-0.39, 0.29) is 5.54 Å². The number of nitrogens with zero attached hydrogens (tertiary/aromatic N) is 2. The Morgan fingerprint density at radius 2 is 1.62 bits per heavy atom. The second kappa shape index (κ2) is 11.1. The molecule has 0 aliphatic carbocycles. The predicted molar refractivity (Wildman–Crippen MR) is 104 cm³/mol. The zero-order chi connectivity index (χ0) is 17.8. The molecule has 6 nitrogen and oxygen atoms in total. The highest BCUT2D eigenvalue weighted by molar-refractivity contribution is 6.01. The normalized spacial score (nSPS) is 16.6. The Balaban J connectivity index is 2.73. The predicted octanol–water partition coefficient (Wildman–Crippen LogP) is 3.53. The molecule has 0 amide bonds. The number of guanidine groups is 2. The first-order chi connectivity index (χ1) is 11.5. The fourth-order valence-corrected chi connectivity index (χ4v) is 2.97. The van der Waals surface area contributed by atoms with Gasteiger partial charge >= 0.3 is 0 Å². The van der Waals surface area contributed by atoms with Gasteiger partial charge in [0.15, 0.2) is 0 Å². The highest BCUT2D eigenvalue weighted by atomic mass is 15.4. The van der Waals surface area contributed by atoms with Gasteiger partial charge in [0.05, 0.1) is 5.54 Å². The van der Waals surface area contributed by atoms with E-state index in [9.17, 15) is 0 Å². The van der Waals surface area contributed by atoms with Gasteiger partial charge in [0.2, 0.25) is 11.9 Å². The van der Waals surface area contributed by atoms with Gasteiger partial charge < -0.3 is 5.32 Å². The fourth-order valence-electron chi connectivity index (χ4n) is 2.97. The highest BCUT2D eigenvalue weighted by Crippen LogP contribution is 2.27. The molecule has 0 bridgehead atoms. The molecule has 0 aromatic rings. The lowest BCUT2D eigenvalue weighted by Gasteiger charge is -2.29. The van der Waals surface area contributed by atoms with Crippen molar-refractivity contribution in [3.05, 3.63) is 12.4 Å². The molecule has 0 unspecified atom stereocenters. The van der Waals surface area contributed by atoms with Crippen LogP contribution in [0.1, 0.15) is 85.0 Å². The molecular formula is C18H36N6. The van der Waals surface area contributed by atoms with Crippen molar-refractivity contribution < 1.29 is 0 Å². The zero-order valence-electron chi connectivity index (χ0n) is 15.7. The van der Waals surface area contributed by atoms with Crippen LogP contribution in [0.15, 0.2) is 22.4 Å². The van der Waals surface area contributed by atoms with Crippen molar-refractivity contribution in [2.45, 2.75) is 90.5 Å². The summed E-state index contributed by atoms with van der Waals surface area (Å²) < 4.78 is 0. The maximum absolute atomic E-state index is 5.45. The third kappa shape index (κ3) is 7.81. The fraction of sp³-hybridized carbons (Fsp3) is 0.778. The molecule has 0 atom stereocenters. The van der Waals surface area contributed by atoms with Gasteiger partial charge in [-0.05, 0) is 19.8 Å². The number of aliphatic imine (C=N–C) groups is 2. The van der Waals surface area contributed by atoms with Gasteiger partial charge in [-0.25, -0.2) is 10.8 Å². The molecule has 0 saturated heterocycles. The largest absolute Gasteiger partial charge is 0.311 e.